The van der Waals surface area contributed by atoms with E-state index >= 15 is 0 Å². The van der Waals surface area contributed by atoms with Gasteiger partial charge >= 0.3 is 13.2 Å². The second-order valence-corrected chi connectivity index (χ2v) is 2.92. The van der Waals surface area contributed by atoms with Crippen LogP contribution in [-0.4, -0.2) is 13.2 Å². The van der Waals surface area contributed by atoms with Gasteiger partial charge in [-0.05, 0) is 0 Å². The molecule has 0 aliphatic carbocycles. The molecule has 0 bridgehead atoms. The first-order valence-electron chi connectivity index (χ1n) is 3.96. The maximum absolute atomic E-state index is 11.9. The standard InChI is InChI=1S/C6H10BF6/c1-2-3-4-5(6(8,9)10)7(11,12)13/h5H,2-4H2,1H3/q-1. The summed E-state index contributed by atoms with van der Waals surface area (Å²) in [6.45, 7) is -4.26. The number of unbranched alkanes of at least 4 members (excludes halogenated alkanes) is 1. The first-order chi connectivity index (χ1) is 5.69. The van der Waals surface area contributed by atoms with Gasteiger partial charge in [0, 0.05) is 5.82 Å². The minimum Gasteiger partial charge on any atom is -0.448 e. The maximum atomic E-state index is 11.9. The monoisotopic (exact) mass is 207 g/mol. The highest BCUT2D eigenvalue weighted by Gasteiger charge is 2.51. The fourth-order valence-corrected chi connectivity index (χ4v) is 0.991. The summed E-state index contributed by atoms with van der Waals surface area (Å²) in [5.41, 5.74) is 0. The minimum atomic E-state index is -5.81. The highest BCUT2D eigenvalue weighted by molar-refractivity contribution is 6.60. The van der Waals surface area contributed by atoms with Crippen molar-refractivity contribution in [1.29, 1.82) is 0 Å². The summed E-state index contributed by atoms with van der Waals surface area (Å²) < 4.78 is 71.2. The molecule has 80 valence electrons. The van der Waals surface area contributed by atoms with Crippen LogP contribution in [0.3, 0.4) is 0 Å². The highest BCUT2D eigenvalue weighted by atomic mass is 19.4. The molecule has 7 heteroatoms. The zero-order valence-electron chi connectivity index (χ0n) is 7.04. The molecule has 0 heterocycles. The van der Waals surface area contributed by atoms with E-state index < -0.39 is 25.4 Å². The number of rotatable bonds is 4. The Bertz CT molecular complexity index is 134. The molecule has 0 rings (SSSR count). The van der Waals surface area contributed by atoms with Crippen molar-refractivity contribution in [3.8, 4) is 0 Å². The van der Waals surface area contributed by atoms with Gasteiger partial charge in [0.15, 0.2) is 0 Å². The molecule has 0 fully saturated rings. The number of halogens is 6. The van der Waals surface area contributed by atoms with Gasteiger partial charge in [-0.3, -0.25) is 0 Å². The van der Waals surface area contributed by atoms with Crippen LogP contribution in [0.2, 0.25) is 5.82 Å². The Morgan fingerprint density at radius 3 is 1.85 bits per heavy atom. The summed E-state index contributed by atoms with van der Waals surface area (Å²) in [6, 6.07) is 0. The molecule has 0 aromatic heterocycles. The smallest absolute Gasteiger partial charge is 0.448 e. The van der Waals surface area contributed by atoms with Crippen LogP contribution in [0, 0.1) is 0 Å². The van der Waals surface area contributed by atoms with E-state index in [0.29, 0.717) is 6.42 Å². The number of alkyl halides is 3. The molecule has 0 radical (unpaired) electrons. The molecule has 13 heavy (non-hydrogen) atoms. The van der Waals surface area contributed by atoms with Crippen molar-refractivity contribution in [3.63, 3.8) is 0 Å². The Balaban J connectivity index is 4.39. The van der Waals surface area contributed by atoms with Gasteiger partial charge in [-0.2, -0.15) is 13.2 Å². The Morgan fingerprint density at radius 1 is 1.15 bits per heavy atom. The zero-order chi connectivity index (χ0) is 10.7. The third-order valence-corrected chi connectivity index (χ3v) is 1.75. The van der Waals surface area contributed by atoms with E-state index in [9.17, 15) is 26.1 Å². The molecule has 1 unspecified atom stereocenters. The van der Waals surface area contributed by atoms with Crippen molar-refractivity contribution < 1.29 is 26.1 Å². The average molecular weight is 207 g/mol. The van der Waals surface area contributed by atoms with Gasteiger partial charge in [0.2, 0.25) is 0 Å². The molecule has 0 saturated heterocycles. The van der Waals surface area contributed by atoms with Gasteiger partial charge < -0.3 is 12.9 Å². The van der Waals surface area contributed by atoms with Crippen molar-refractivity contribution in [1.82, 2.24) is 0 Å². The van der Waals surface area contributed by atoms with E-state index in [1.807, 2.05) is 0 Å². The summed E-state index contributed by atoms with van der Waals surface area (Å²) in [4.78, 5) is 0. The minimum absolute atomic E-state index is 0.0502. The molecule has 0 aromatic rings. The van der Waals surface area contributed by atoms with Gasteiger partial charge in [-0.15, -0.1) is 0 Å². The van der Waals surface area contributed by atoms with E-state index in [4.69, 9.17) is 0 Å². The van der Waals surface area contributed by atoms with Crippen LogP contribution in [0.25, 0.3) is 0 Å². The topological polar surface area (TPSA) is 0 Å². The largest absolute Gasteiger partial charge is 0.490 e. The summed E-state index contributed by atoms with van der Waals surface area (Å²) in [5, 5.41) is 0. The predicted molar refractivity (Wildman–Crippen MR) is 38.4 cm³/mol. The molecular weight excluding hydrogens is 197 g/mol. The van der Waals surface area contributed by atoms with E-state index in [1.54, 1.807) is 6.92 Å². The average Bonchev–Trinajstić information content (AvgIpc) is 1.81. The summed E-state index contributed by atoms with van der Waals surface area (Å²) in [7, 11) is 0. The number of hydrogen-bond acceptors (Lipinski definition) is 0. The van der Waals surface area contributed by atoms with Crippen LogP contribution in [0.5, 0.6) is 0 Å². The fraction of sp³-hybridized carbons (Fsp3) is 1.00. The van der Waals surface area contributed by atoms with Crippen LogP contribution in [-0.2, 0) is 0 Å². The molecule has 0 aromatic carbocycles. The predicted octanol–water partition coefficient (Wildman–Crippen LogP) is 3.96. The van der Waals surface area contributed by atoms with E-state index in [1.165, 1.54) is 0 Å². The first kappa shape index (κ1) is 12.6. The molecule has 0 spiro atoms. The van der Waals surface area contributed by atoms with Gasteiger partial charge in [0.1, 0.15) is 0 Å². The summed E-state index contributed by atoms with van der Waals surface area (Å²) in [6.07, 6.45) is -5.71. The molecule has 1 atom stereocenters. The Labute approximate surface area is 72.4 Å². The maximum Gasteiger partial charge on any atom is 0.490 e. The Kier molecular flexibility index (Phi) is 4.12. The van der Waals surface area contributed by atoms with Crippen molar-refractivity contribution in [2.24, 2.45) is 0 Å². The summed E-state index contributed by atoms with van der Waals surface area (Å²) in [5.74, 6) is -3.10. The highest BCUT2D eigenvalue weighted by Crippen LogP contribution is 2.44. The van der Waals surface area contributed by atoms with Gasteiger partial charge in [-0.1, -0.05) is 26.2 Å². The molecule has 0 nitrogen and oxygen atoms in total. The van der Waals surface area contributed by atoms with Gasteiger partial charge in [0.25, 0.3) is 0 Å². The zero-order valence-corrected chi connectivity index (χ0v) is 7.04. The molecule has 0 amide bonds. The molecule has 0 saturated carbocycles. The number of hydrogen-bond donors (Lipinski definition) is 0. The fourth-order valence-electron chi connectivity index (χ4n) is 0.991. The molecule has 0 aliphatic rings. The molecule has 0 N–H and O–H groups in total. The Hall–Kier alpha value is -0.355. The quantitative estimate of drug-likeness (QED) is 0.483. The lowest BCUT2D eigenvalue weighted by Crippen LogP contribution is -2.35. The van der Waals surface area contributed by atoms with Crippen molar-refractivity contribution in [2.75, 3.05) is 0 Å². The van der Waals surface area contributed by atoms with E-state index in [2.05, 4.69) is 0 Å². The molecule has 0 aliphatic heterocycles. The van der Waals surface area contributed by atoms with Gasteiger partial charge in [-0.25, -0.2) is 0 Å². The van der Waals surface area contributed by atoms with Crippen molar-refractivity contribution in [3.05, 3.63) is 0 Å². The van der Waals surface area contributed by atoms with Crippen LogP contribution < -0.4 is 0 Å². The normalized spacial score (nSPS) is 15.9. The lowest BCUT2D eigenvalue weighted by atomic mass is 9.69. The molecular formula is C6H10BF6-. The lowest BCUT2D eigenvalue weighted by Gasteiger charge is -2.28. The van der Waals surface area contributed by atoms with Gasteiger partial charge in [0.05, 0.1) is 0 Å². The SMILES string of the molecule is CCCCC([B-](F)(F)F)C(F)(F)F. The third-order valence-electron chi connectivity index (χ3n) is 1.75. The second-order valence-electron chi connectivity index (χ2n) is 2.92. The second kappa shape index (κ2) is 4.24. The van der Waals surface area contributed by atoms with Crippen LogP contribution in [0.4, 0.5) is 26.1 Å². The Morgan fingerprint density at radius 2 is 1.62 bits per heavy atom. The van der Waals surface area contributed by atoms with Crippen LogP contribution in [0.15, 0.2) is 0 Å². The summed E-state index contributed by atoms with van der Waals surface area (Å²) >= 11 is 0. The van der Waals surface area contributed by atoms with E-state index in [0.717, 1.165) is 0 Å². The van der Waals surface area contributed by atoms with Crippen molar-refractivity contribution >= 4 is 6.98 Å². The van der Waals surface area contributed by atoms with E-state index in [-0.39, 0.29) is 6.42 Å². The van der Waals surface area contributed by atoms with Crippen molar-refractivity contribution in [2.45, 2.75) is 38.2 Å². The van der Waals surface area contributed by atoms with Crippen LogP contribution in [0.1, 0.15) is 26.2 Å². The third kappa shape index (κ3) is 4.43. The van der Waals surface area contributed by atoms with Crippen LogP contribution >= 0.6 is 0 Å². The lowest BCUT2D eigenvalue weighted by molar-refractivity contribution is -0.141. The first-order valence-corrected chi connectivity index (χ1v) is 3.96.